The summed E-state index contributed by atoms with van der Waals surface area (Å²) < 4.78 is 16.7. The Kier molecular flexibility index (Phi) is 6.55. The van der Waals surface area contributed by atoms with Gasteiger partial charge in [0.2, 0.25) is 5.43 Å². The maximum absolute atomic E-state index is 15.0. The van der Waals surface area contributed by atoms with Crippen LogP contribution in [0.4, 0.5) is 10.1 Å². The number of nitrogens with one attached hydrogen (secondary N) is 1. The molecule has 1 aliphatic rings. The number of thiocarbonyl (C=S) groups is 1. The Hall–Kier alpha value is -3.86. The minimum Gasteiger partial charge on any atom is -0.477 e. The fourth-order valence-corrected chi connectivity index (χ4v) is 4.23. The molecule has 0 saturated carbocycles. The quantitative estimate of drug-likeness (QED) is 0.544. The first-order chi connectivity index (χ1) is 16.3. The van der Waals surface area contributed by atoms with Crippen molar-refractivity contribution < 1.29 is 19.1 Å². The van der Waals surface area contributed by atoms with E-state index in [1.165, 1.54) is 12.4 Å². The number of carbonyl (C=O) groups excluding carboxylic acids is 1. The highest BCUT2D eigenvalue weighted by atomic mass is 32.1. The Bertz CT molecular complexity index is 1340. The molecular weight excluding hydrogens is 461 g/mol. The molecule has 2 N–H and O–H groups in total. The molecule has 1 saturated heterocycles. The molecule has 0 radical (unpaired) electrons. The van der Waals surface area contributed by atoms with Crippen molar-refractivity contribution in [3.8, 4) is 0 Å². The zero-order valence-electron chi connectivity index (χ0n) is 18.3. The van der Waals surface area contributed by atoms with Crippen LogP contribution in [0.15, 0.2) is 47.7 Å². The summed E-state index contributed by atoms with van der Waals surface area (Å²) in [6, 6.07) is 5.99. The van der Waals surface area contributed by atoms with Crippen LogP contribution in [0.1, 0.15) is 27.6 Å². The highest BCUT2D eigenvalue weighted by molar-refractivity contribution is 7.80. The number of carboxylic acid groups (broad SMARTS) is 1. The average molecular weight is 484 g/mol. The fraction of sp³-hybridized carbons (Fsp3) is 0.261. The number of anilines is 1. The van der Waals surface area contributed by atoms with Gasteiger partial charge in [0, 0.05) is 56.7 Å². The van der Waals surface area contributed by atoms with Crippen LogP contribution in [-0.4, -0.2) is 62.7 Å². The third kappa shape index (κ3) is 4.46. The number of nitrogens with zero attached hydrogens (tertiary/aromatic N) is 4. The number of benzene rings is 1. The maximum Gasteiger partial charge on any atom is 0.341 e. The van der Waals surface area contributed by atoms with Crippen LogP contribution in [0, 0.1) is 5.82 Å². The molecule has 1 aliphatic heterocycles. The molecule has 3 heterocycles. The van der Waals surface area contributed by atoms with Crippen LogP contribution in [0.5, 0.6) is 0 Å². The van der Waals surface area contributed by atoms with Crippen molar-refractivity contribution in [1.29, 1.82) is 0 Å². The number of aromatic nitrogens is 2. The number of aromatic carboxylic acids is 1. The van der Waals surface area contributed by atoms with E-state index in [1.807, 2.05) is 16.7 Å². The molecule has 0 unspecified atom stereocenters. The number of rotatable bonds is 4. The van der Waals surface area contributed by atoms with Gasteiger partial charge in [-0.3, -0.25) is 19.9 Å². The van der Waals surface area contributed by atoms with E-state index in [-0.39, 0.29) is 16.4 Å². The van der Waals surface area contributed by atoms with Crippen molar-refractivity contribution in [1.82, 2.24) is 19.8 Å². The van der Waals surface area contributed by atoms with Gasteiger partial charge in [0.1, 0.15) is 11.4 Å². The lowest BCUT2D eigenvalue weighted by Crippen LogP contribution is -2.52. The van der Waals surface area contributed by atoms with Gasteiger partial charge in [0.05, 0.1) is 16.8 Å². The highest BCUT2D eigenvalue weighted by Gasteiger charge is 2.24. The lowest BCUT2D eigenvalue weighted by molar-refractivity contribution is 0.0694. The molecule has 1 fully saturated rings. The number of piperazine rings is 1. The third-order valence-corrected chi connectivity index (χ3v) is 6.13. The average Bonchev–Trinajstić information content (AvgIpc) is 2.84. The monoisotopic (exact) mass is 483 g/mol. The van der Waals surface area contributed by atoms with Crippen LogP contribution in [0.25, 0.3) is 10.9 Å². The van der Waals surface area contributed by atoms with E-state index in [2.05, 4.69) is 10.3 Å². The molecule has 34 heavy (non-hydrogen) atoms. The SMILES string of the molecule is CCn1cc(C(=O)O)c(=O)c2cc(F)c(N3CCN(C(=S)NC(=O)c4cccnc4)CC3)cc21. The molecule has 0 aliphatic carbocycles. The van der Waals surface area contributed by atoms with E-state index in [0.717, 1.165) is 6.07 Å². The summed E-state index contributed by atoms with van der Waals surface area (Å²) in [7, 11) is 0. The van der Waals surface area contributed by atoms with Crippen LogP contribution in [0.2, 0.25) is 0 Å². The first-order valence-electron chi connectivity index (χ1n) is 10.7. The van der Waals surface area contributed by atoms with Crippen molar-refractivity contribution >= 4 is 45.8 Å². The van der Waals surface area contributed by atoms with Gasteiger partial charge in [-0.2, -0.15) is 0 Å². The van der Waals surface area contributed by atoms with Gasteiger partial charge in [0.15, 0.2) is 5.11 Å². The van der Waals surface area contributed by atoms with Crippen LogP contribution in [-0.2, 0) is 6.54 Å². The van der Waals surface area contributed by atoms with Crippen LogP contribution in [0.3, 0.4) is 0 Å². The first kappa shape index (κ1) is 23.3. The summed E-state index contributed by atoms with van der Waals surface area (Å²) in [6.07, 6.45) is 4.31. The number of pyridine rings is 2. The summed E-state index contributed by atoms with van der Waals surface area (Å²) in [5.41, 5.74) is 0.0848. The van der Waals surface area contributed by atoms with Crippen molar-refractivity contribution in [3.05, 3.63) is 70.0 Å². The normalized spacial score (nSPS) is 13.7. The topological polar surface area (TPSA) is 108 Å². The Morgan fingerprint density at radius 1 is 1.24 bits per heavy atom. The molecule has 1 amide bonds. The Morgan fingerprint density at radius 2 is 1.97 bits per heavy atom. The number of aryl methyl sites for hydroxylation is 1. The molecule has 9 nitrogen and oxygen atoms in total. The lowest BCUT2D eigenvalue weighted by Gasteiger charge is -2.37. The second kappa shape index (κ2) is 9.56. The van der Waals surface area contributed by atoms with E-state index in [9.17, 15) is 19.5 Å². The number of carbonyl (C=O) groups is 2. The number of amides is 1. The minimum atomic E-state index is -1.35. The largest absolute Gasteiger partial charge is 0.477 e. The van der Waals surface area contributed by atoms with E-state index in [1.54, 1.807) is 29.0 Å². The van der Waals surface area contributed by atoms with Crippen molar-refractivity contribution in [3.63, 3.8) is 0 Å². The number of hydrogen-bond donors (Lipinski definition) is 2. The predicted octanol–water partition coefficient (Wildman–Crippen LogP) is 2.09. The van der Waals surface area contributed by atoms with Crippen LogP contribution >= 0.6 is 12.2 Å². The third-order valence-electron chi connectivity index (χ3n) is 5.77. The lowest BCUT2D eigenvalue weighted by atomic mass is 10.1. The Labute approximate surface area is 199 Å². The first-order valence-corrected chi connectivity index (χ1v) is 11.1. The summed E-state index contributed by atoms with van der Waals surface area (Å²) in [5, 5.41) is 12.3. The molecule has 0 bridgehead atoms. The predicted molar refractivity (Wildman–Crippen MR) is 129 cm³/mol. The smallest absolute Gasteiger partial charge is 0.341 e. The highest BCUT2D eigenvalue weighted by Crippen LogP contribution is 2.26. The van der Waals surface area contributed by atoms with Crippen LogP contribution < -0.4 is 15.6 Å². The van der Waals surface area contributed by atoms with Crippen molar-refractivity contribution in [2.24, 2.45) is 0 Å². The molecule has 4 rings (SSSR count). The van der Waals surface area contributed by atoms with Gasteiger partial charge in [0.25, 0.3) is 5.91 Å². The number of carboxylic acids is 1. The number of halogens is 1. The number of hydrogen-bond acceptors (Lipinski definition) is 6. The summed E-state index contributed by atoms with van der Waals surface area (Å²) in [6.45, 7) is 4.03. The van der Waals surface area contributed by atoms with Gasteiger partial charge in [-0.1, -0.05) is 0 Å². The van der Waals surface area contributed by atoms with Gasteiger partial charge in [-0.15, -0.1) is 0 Å². The molecular formula is C23H22FN5O4S. The van der Waals surface area contributed by atoms with E-state index < -0.39 is 22.8 Å². The summed E-state index contributed by atoms with van der Waals surface area (Å²) in [5.74, 6) is -2.30. The standard InChI is InChI=1S/C23H22FN5O4S/c1-2-27-13-16(22(32)33)20(30)15-10-17(24)19(11-18(15)27)28-6-8-29(9-7-28)23(34)26-21(31)14-4-3-5-25-12-14/h3-5,10-13H,2,6-9H2,1H3,(H,32,33)(H,26,31,34). The molecule has 3 aromatic rings. The van der Waals surface area contributed by atoms with Crippen molar-refractivity contribution in [2.45, 2.75) is 13.5 Å². The molecule has 2 aromatic heterocycles. The molecule has 0 atom stereocenters. The van der Waals surface area contributed by atoms with Gasteiger partial charge < -0.3 is 19.5 Å². The van der Waals surface area contributed by atoms with E-state index in [0.29, 0.717) is 49.5 Å². The molecule has 176 valence electrons. The summed E-state index contributed by atoms with van der Waals surface area (Å²) >= 11 is 5.37. The second-order valence-electron chi connectivity index (χ2n) is 7.76. The Balaban J connectivity index is 1.52. The molecule has 0 spiro atoms. The number of fused-ring (bicyclic) bond motifs is 1. The zero-order chi connectivity index (χ0) is 24.4. The summed E-state index contributed by atoms with van der Waals surface area (Å²) in [4.78, 5) is 43.9. The second-order valence-corrected chi connectivity index (χ2v) is 8.15. The van der Waals surface area contributed by atoms with Gasteiger partial charge in [-0.25, -0.2) is 9.18 Å². The zero-order valence-corrected chi connectivity index (χ0v) is 19.1. The van der Waals surface area contributed by atoms with E-state index >= 15 is 4.39 Å². The minimum absolute atomic E-state index is 0.0286. The van der Waals surface area contributed by atoms with Gasteiger partial charge >= 0.3 is 5.97 Å². The molecule has 11 heteroatoms. The van der Waals surface area contributed by atoms with Gasteiger partial charge in [-0.05, 0) is 43.4 Å². The maximum atomic E-state index is 15.0. The Morgan fingerprint density at radius 3 is 2.59 bits per heavy atom. The fourth-order valence-electron chi connectivity index (χ4n) is 3.95. The van der Waals surface area contributed by atoms with Crippen molar-refractivity contribution in [2.75, 3.05) is 31.1 Å². The van der Waals surface area contributed by atoms with E-state index in [4.69, 9.17) is 12.2 Å². The molecule has 1 aromatic carbocycles.